The van der Waals surface area contributed by atoms with Gasteiger partial charge in [-0.05, 0) is 50.2 Å². The van der Waals surface area contributed by atoms with E-state index in [-0.39, 0.29) is 56.0 Å². The number of aliphatic hydroxyl groups is 1. The molecule has 0 atom stereocenters. The second kappa shape index (κ2) is 9.02. The Balaban J connectivity index is 0.00000256. The van der Waals surface area contributed by atoms with Crippen molar-refractivity contribution in [3.63, 3.8) is 0 Å². The van der Waals surface area contributed by atoms with Crippen molar-refractivity contribution in [2.75, 3.05) is 45.9 Å². The fourth-order valence-corrected chi connectivity index (χ4v) is 5.48. The Morgan fingerprint density at radius 2 is 1.97 bits per heavy atom. The molecule has 1 aromatic rings. The third-order valence-corrected chi connectivity index (χ3v) is 7.76. The average molecular weight is 478 g/mol. The maximum absolute atomic E-state index is 13.0. The van der Waals surface area contributed by atoms with Crippen LogP contribution in [0.3, 0.4) is 0 Å². The van der Waals surface area contributed by atoms with Crippen molar-refractivity contribution < 1.29 is 23.1 Å². The zero-order chi connectivity index (χ0) is 20.6. The van der Waals surface area contributed by atoms with Gasteiger partial charge in [-0.3, -0.25) is 4.79 Å². The predicted octanol–water partition coefficient (Wildman–Crippen LogP) is 1.08. The third kappa shape index (κ3) is 4.76. The zero-order valence-electron chi connectivity index (χ0n) is 16.3. The highest BCUT2D eigenvalue weighted by Gasteiger charge is 2.39. The fourth-order valence-electron chi connectivity index (χ4n) is 3.90. The number of halogens is 2. The maximum Gasteiger partial charge on any atom is 0.243 e. The van der Waals surface area contributed by atoms with Crippen molar-refractivity contribution in [1.29, 1.82) is 0 Å². The van der Waals surface area contributed by atoms with Crippen LogP contribution in [0.1, 0.15) is 18.4 Å². The molecule has 1 aromatic carbocycles. The molecule has 0 aromatic heterocycles. The summed E-state index contributed by atoms with van der Waals surface area (Å²) in [5.74, 6) is 0.240. The number of nitrogens with zero attached hydrogens (tertiary/aromatic N) is 2. The molecule has 11 heteroatoms. The molecule has 0 spiro atoms. The number of ether oxygens (including phenoxy) is 1. The number of hydrogen-bond acceptors (Lipinski definition) is 6. The topological polar surface area (TPSA) is 99.2 Å². The van der Waals surface area contributed by atoms with Gasteiger partial charge in [0.25, 0.3) is 0 Å². The SMILES string of the molecule is Cl.O=C1CN(S(=O)(=O)C2=Cc3ccc(Cl)cc3OC2)CCN1CC1(O)CCNCC1. The molecule has 2 saturated heterocycles. The summed E-state index contributed by atoms with van der Waals surface area (Å²) in [5.41, 5.74) is -0.274. The molecule has 0 saturated carbocycles. The minimum Gasteiger partial charge on any atom is -0.487 e. The average Bonchev–Trinajstić information content (AvgIpc) is 2.69. The van der Waals surface area contributed by atoms with Gasteiger partial charge in [0, 0.05) is 30.2 Å². The number of piperidine rings is 1. The van der Waals surface area contributed by atoms with E-state index in [0.29, 0.717) is 42.3 Å². The number of carbonyl (C=O) groups is 1. The molecule has 30 heavy (non-hydrogen) atoms. The van der Waals surface area contributed by atoms with E-state index in [1.807, 2.05) is 0 Å². The number of benzene rings is 1. The van der Waals surface area contributed by atoms with E-state index in [1.54, 1.807) is 29.2 Å². The van der Waals surface area contributed by atoms with E-state index in [9.17, 15) is 18.3 Å². The van der Waals surface area contributed by atoms with Gasteiger partial charge in [0.15, 0.2) is 0 Å². The van der Waals surface area contributed by atoms with Gasteiger partial charge in [-0.1, -0.05) is 11.6 Å². The first-order valence-electron chi connectivity index (χ1n) is 9.61. The lowest BCUT2D eigenvalue weighted by Gasteiger charge is -2.40. The summed E-state index contributed by atoms with van der Waals surface area (Å²) < 4.78 is 32.8. The van der Waals surface area contributed by atoms with Gasteiger partial charge >= 0.3 is 0 Å². The molecular formula is C19H25Cl2N3O5S. The molecule has 3 aliphatic heterocycles. The number of sulfonamides is 1. The van der Waals surface area contributed by atoms with Crippen LogP contribution in [0, 0.1) is 0 Å². The van der Waals surface area contributed by atoms with Crippen molar-refractivity contribution >= 4 is 46.0 Å². The summed E-state index contributed by atoms with van der Waals surface area (Å²) in [4.78, 5) is 14.3. The van der Waals surface area contributed by atoms with Crippen molar-refractivity contribution in [1.82, 2.24) is 14.5 Å². The van der Waals surface area contributed by atoms with E-state index >= 15 is 0 Å². The van der Waals surface area contributed by atoms with Crippen LogP contribution in [-0.2, 0) is 14.8 Å². The number of piperazine rings is 1. The number of nitrogens with one attached hydrogen (secondary N) is 1. The Morgan fingerprint density at radius 1 is 1.23 bits per heavy atom. The molecule has 8 nitrogen and oxygen atoms in total. The first-order valence-corrected chi connectivity index (χ1v) is 11.4. The van der Waals surface area contributed by atoms with Gasteiger partial charge in [-0.25, -0.2) is 8.42 Å². The Morgan fingerprint density at radius 3 is 2.67 bits per heavy atom. The Hall–Kier alpha value is -1.36. The lowest BCUT2D eigenvalue weighted by molar-refractivity contribution is -0.139. The molecule has 166 valence electrons. The van der Waals surface area contributed by atoms with Gasteiger partial charge in [0.1, 0.15) is 12.4 Å². The molecule has 0 unspecified atom stereocenters. The van der Waals surface area contributed by atoms with E-state index in [2.05, 4.69) is 5.32 Å². The normalized spacial score (nSPS) is 21.9. The number of amides is 1. The Bertz CT molecular complexity index is 947. The van der Waals surface area contributed by atoms with Crippen LogP contribution in [0.25, 0.3) is 6.08 Å². The molecule has 2 N–H and O–H groups in total. The van der Waals surface area contributed by atoms with Crippen molar-refractivity contribution in [3.8, 4) is 5.75 Å². The van der Waals surface area contributed by atoms with E-state index in [0.717, 1.165) is 0 Å². The van der Waals surface area contributed by atoms with Crippen molar-refractivity contribution in [2.24, 2.45) is 0 Å². The number of hydrogen-bond donors (Lipinski definition) is 2. The predicted molar refractivity (Wildman–Crippen MR) is 116 cm³/mol. The van der Waals surface area contributed by atoms with E-state index < -0.39 is 15.6 Å². The molecule has 0 aliphatic carbocycles. The first-order chi connectivity index (χ1) is 13.8. The van der Waals surface area contributed by atoms with Crippen LogP contribution >= 0.6 is 24.0 Å². The molecule has 4 rings (SSSR count). The molecule has 0 radical (unpaired) electrons. The number of β-amino-alcohol motifs (C(OH)–C–C–N with tert-alkyl or cyclic N) is 1. The minimum atomic E-state index is -3.83. The Kier molecular flexibility index (Phi) is 7.01. The quantitative estimate of drug-likeness (QED) is 0.672. The zero-order valence-corrected chi connectivity index (χ0v) is 18.7. The smallest absolute Gasteiger partial charge is 0.243 e. The van der Waals surface area contributed by atoms with Gasteiger partial charge in [-0.2, -0.15) is 4.31 Å². The molecule has 3 heterocycles. The molecule has 2 fully saturated rings. The standard InChI is InChI=1S/C19H24ClN3O5S.ClH/c20-15-2-1-14-9-16(12-28-17(14)10-15)29(26,27)23-8-7-22(18(24)11-23)13-19(25)3-5-21-6-4-19;/h1-2,9-10,21,25H,3-8,11-13H2;1H. The van der Waals surface area contributed by atoms with Crippen molar-refractivity contribution in [3.05, 3.63) is 33.7 Å². The molecule has 3 aliphatic rings. The maximum atomic E-state index is 13.0. The summed E-state index contributed by atoms with van der Waals surface area (Å²) in [5, 5.41) is 14.4. The highest BCUT2D eigenvalue weighted by Crippen LogP contribution is 2.32. The lowest BCUT2D eigenvalue weighted by atomic mass is 9.91. The molecule has 0 bridgehead atoms. The van der Waals surface area contributed by atoms with Gasteiger partial charge in [-0.15, -0.1) is 12.4 Å². The van der Waals surface area contributed by atoms with Crippen LogP contribution in [-0.4, -0.2) is 80.1 Å². The number of rotatable bonds is 4. The van der Waals surface area contributed by atoms with Crippen LogP contribution in [0.4, 0.5) is 0 Å². The van der Waals surface area contributed by atoms with Crippen LogP contribution in [0.5, 0.6) is 5.75 Å². The van der Waals surface area contributed by atoms with E-state index in [4.69, 9.17) is 16.3 Å². The van der Waals surface area contributed by atoms with Crippen LogP contribution in [0.2, 0.25) is 5.02 Å². The first kappa shape index (κ1) is 23.3. The summed E-state index contributed by atoms with van der Waals surface area (Å²) in [6.45, 7) is 1.76. The van der Waals surface area contributed by atoms with E-state index in [1.165, 1.54) is 4.31 Å². The number of carbonyl (C=O) groups excluding carboxylic acids is 1. The van der Waals surface area contributed by atoms with Gasteiger partial charge < -0.3 is 20.1 Å². The Labute approximate surface area is 187 Å². The van der Waals surface area contributed by atoms with Gasteiger partial charge in [0.2, 0.25) is 15.9 Å². The second-order valence-electron chi connectivity index (χ2n) is 7.71. The highest BCUT2D eigenvalue weighted by molar-refractivity contribution is 7.93. The van der Waals surface area contributed by atoms with Gasteiger partial charge in [0.05, 0.1) is 17.1 Å². The summed E-state index contributed by atoms with van der Waals surface area (Å²) in [6, 6.07) is 5.02. The van der Waals surface area contributed by atoms with Crippen LogP contribution in [0.15, 0.2) is 23.1 Å². The highest BCUT2D eigenvalue weighted by atomic mass is 35.5. The third-order valence-electron chi connectivity index (χ3n) is 5.64. The van der Waals surface area contributed by atoms with Crippen LogP contribution < -0.4 is 10.1 Å². The second-order valence-corrected chi connectivity index (χ2v) is 10.1. The molecule has 1 amide bonds. The van der Waals surface area contributed by atoms with Crippen molar-refractivity contribution in [2.45, 2.75) is 18.4 Å². The largest absolute Gasteiger partial charge is 0.487 e. The summed E-state index contributed by atoms with van der Waals surface area (Å²) >= 11 is 5.94. The monoisotopic (exact) mass is 477 g/mol. The number of fused-ring (bicyclic) bond motifs is 1. The fraction of sp³-hybridized carbons (Fsp3) is 0.526. The molecular weight excluding hydrogens is 453 g/mol. The summed E-state index contributed by atoms with van der Waals surface area (Å²) in [6.07, 6.45) is 2.72. The summed E-state index contributed by atoms with van der Waals surface area (Å²) in [7, 11) is -3.83. The lowest BCUT2D eigenvalue weighted by Crippen LogP contribution is -2.58. The minimum absolute atomic E-state index is 0.